The first-order chi connectivity index (χ1) is 9.79. The summed E-state index contributed by atoms with van der Waals surface area (Å²) in [6.07, 6.45) is -8.83. The lowest BCUT2D eigenvalue weighted by molar-refractivity contribution is -0.143. The molecule has 0 bridgehead atoms. The molecule has 0 saturated heterocycles. The highest BCUT2D eigenvalue weighted by Gasteiger charge is 2.39. The van der Waals surface area contributed by atoms with Crippen LogP contribution in [0.2, 0.25) is 0 Å². The van der Waals surface area contributed by atoms with E-state index in [2.05, 4.69) is 11.9 Å². The summed E-state index contributed by atoms with van der Waals surface area (Å²) in [5, 5.41) is 2.29. The van der Waals surface area contributed by atoms with E-state index in [1.165, 1.54) is 6.92 Å². The van der Waals surface area contributed by atoms with Crippen LogP contribution in [0, 0.1) is 0 Å². The minimum Gasteiger partial charge on any atom is -0.344 e. The average molecular weight is 325 g/mol. The summed E-state index contributed by atoms with van der Waals surface area (Å²) in [5.41, 5.74) is -4.82. The van der Waals surface area contributed by atoms with Crippen LogP contribution in [0.4, 0.5) is 26.3 Å². The highest BCUT2D eigenvalue weighted by Crippen LogP contribution is 2.38. The van der Waals surface area contributed by atoms with Crippen molar-refractivity contribution in [3.63, 3.8) is 0 Å². The molecule has 22 heavy (non-hydrogen) atoms. The second-order valence-corrected chi connectivity index (χ2v) is 4.88. The number of amides is 1. The molecule has 0 aliphatic heterocycles. The number of nitrogens with one attached hydrogen (secondary N) is 1. The molecule has 1 rings (SSSR count). The van der Waals surface area contributed by atoms with Gasteiger partial charge in [-0.2, -0.15) is 26.3 Å². The summed E-state index contributed by atoms with van der Waals surface area (Å²) in [7, 11) is 0. The predicted octanol–water partition coefficient (Wildman–Crippen LogP) is 4.26. The number of halogens is 6. The molecule has 0 saturated carbocycles. The maximum atomic E-state index is 12.8. The van der Waals surface area contributed by atoms with Crippen molar-refractivity contribution < 1.29 is 31.1 Å². The SMILES string of the molecule is C=CC(C)(NC(C)=O)c1cc(C(F)(F)F)cc(C(F)(F)F)c1. The van der Waals surface area contributed by atoms with Gasteiger partial charge in [0.05, 0.1) is 16.7 Å². The second-order valence-electron chi connectivity index (χ2n) is 4.88. The molecule has 0 heterocycles. The summed E-state index contributed by atoms with van der Waals surface area (Å²) >= 11 is 0. The fraction of sp³-hybridized carbons (Fsp3) is 0.357. The molecular weight excluding hydrogens is 312 g/mol. The van der Waals surface area contributed by atoms with Crippen molar-refractivity contribution in [2.45, 2.75) is 31.7 Å². The number of carbonyl (C=O) groups excluding carboxylic acids is 1. The van der Waals surface area contributed by atoms with Crippen molar-refractivity contribution in [3.05, 3.63) is 47.5 Å². The number of hydrogen-bond acceptors (Lipinski definition) is 1. The molecule has 1 aromatic carbocycles. The first kappa shape index (κ1) is 18.1. The summed E-state index contributed by atoms with van der Waals surface area (Å²) in [6.45, 7) is 5.73. The van der Waals surface area contributed by atoms with Crippen LogP contribution in [0.5, 0.6) is 0 Å². The van der Waals surface area contributed by atoms with Gasteiger partial charge in [0.2, 0.25) is 5.91 Å². The third kappa shape index (κ3) is 4.02. The summed E-state index contributed by atoms with van der Waals surface area (Å²) in [4.78, 5) is 11.2. The predicted molar refractivity (Wildman–Crippen MR) is 67.8 cm³/mol. The van der Waals surface area contributed by atoms with E-state index in [0.717, 1.165) is 13.0 Å². The van der Waals surface area contributed by atoms with E-state index in [1.807, 2.05) is 0 Å². The number of carbonyl (C=O) groups is 1. The lowest BCUT2D eigenvalue weighted by Crippen LogP contribution is -2.41. The van der Waals surface area contributed by atoms with Gasteiger partial charge in [-0.25, -0.2) is 0 Å². The van der Waals surface area contributed by atoms with Gasteiger partial charge in [-0.3, -0.25) is 4.79 Å². The molecule has 1 aromatic rings. The van der Waals surface area contributed by atoms with E-state index in [1.54, 1.807) is 0 Å². The Bertz CT molecular complexity index is 558. The molecule has 8 heteroatoms. The topological polar surface area (TPSA) is 29.1 Å². The van der Waals surface area contributed by atoms with Crippen LogP contribution in [0.25, 0.3) is 0 Å². The highest BCUT2D eigenvalue weighted by atomic mass is 19.4. The van der Waals surface area contributed by atoms with E-state index in [9.17, 15) is 31.1 Å². The Kier molecular flexibility index (Phi) is 4.65. The maximum absolute atomic E-state index is 12.8. The molecule has 0 radical (unpaired) electrons. The molecule has 122 valence electrons. The van der Waals surface area contributed by atoms with Gasteiger partial charge in [-0.15, -0.1) is 6.58 Å². The number of rotatable bonds is 3. The van der Waals surface area contributed by atoms with Crippen molar-refractivity contribution in [2.75, 3.05) is 0 Å². The van der Waals surface area contributed by atoms with Crippen molar-refractivity contribution in [1.29, 1.82) is 0 Å². The molecule has 1 amide bonds. The van der Waals surface area contributed by atoms with Gasteiger partial charge < -0.3 is 5.32 Å². The molecule has 0 aliphatic carbocycles. The zero-order chi connectivity index (χ0) is 17.3. The van der Waals surface area contributed by atoms with E-state index < -0.39 is 34.9 Å². The average Bonchev–Trinajstić information content (AvgIpc) is 2.35. The van der Waals surface area contributed by atoms with E-state index in [-0.39, 0.29) is 11.6 Å². The second kappa shape index (κ2) is 5.66. The molecule has 0 aromatic heterocycles. The van der Waals surface area contributed by atoms with Crippen molar-refractivity contribution in [3.8, 4) is 0 Å². The smallest absolute Gasteiger partial charge is 0.344 e. The number of benzene rings is 1. The normalized spacial score (nSPS) is 15.1. The summed E-state index contributed by atoms with van der Waals surface area (Å²) < 4.78 is 76.9. The fourth-order valence-electron chi connectivity index (χ4n) is 1.86. The first-order valence-corrected chi connectivity index (χ1v) is 6.02. The molecule has 1 N–H and O–H groups in total. The van der Waals surface area contributed by atoms with E-state index in [0.29, 0.717) is 12.1 Å². The van der Waals surface area contributed by atoms with Gasteiger partial charge in [0.15, 0.2) is 0 Å². The van der Waals surface area contributed by atoms with Crippen LogP contribution in [-0.2, 0) is 22.7 Å². The van der Waals surface area contributed by atoms with E-state index >= 15 is 0 Å². The van der Waals surface area contributed by atoms with Crippen LogP contribution < -0.4 is 5.32 Å². The Morgan fingerprint density at radius 3 is 1.64 bits per heavy atom. The molecule has 2 nitrogen and oxygen atoms in total. The third-order valence-electron chi connectivity index (χ3n) is 3.03. The Morgan fingerprint density at radius 2 is 1.36 bits per heavy atom. The quantitative estimate of drug-likeness (QED) is 0.653. The van der Waals surface area contributed by atoms with Crippen molar-refractivity contribution in [1.82, 2.24) is 5.32 Å². The number of alkyl halides is 6. The van der Waals surface area contributed by atoms with Crippen LogP contribution >= 0.6 is 0 Å². The minimum absolute atomic E-state index is 0.0285. The van der Waals surface area contributed by atoms with Gasteiger partial charge in [0, 0.05) is 6.92 Å². The molecular formula is C14H13F6NO. The van der Waals surface area contributed by atoms with Crippen LogP contribution in [0.1, 0.15) is 30.5 Å². The summed E-state index contributed by atoms with van der Waals surface area (Å²) in [5.74, 6) is -0.617. The molecule has 0 aliphatic rings. The Balaban J connectivity index is 3.59. The molecule has 0 fully saturated rings. The zero-order valence-electron chi connectivity index (χ0n) is 11.7. The number of hydrogen-bond donors (Lipinski definition) is 1. The van der Waals surface area contributed by atoms with E-state index in [4.69, 9.17) is 0 Å². The third-order valence-corrected chi connectivity index (χ3v) is 3.03. The fourth-order valence-corrected chi connectivity index (χ4v) is 1.86. The molecule has 0 spiro atoms. The Labute approximate surface area is 122 Å². The van der Waals surface area contributed by atoms with Crippen molar-refractivity contribution in [2.24, 2.45) is 0 Å². The maximum Gasteiger partial charge on any atom is 0.416 e. The van der Waals surface area contributed by atoms with Gasteiger partial charge >= 0.3 is 12.4 Å². The van der Waals surface area contributed by atoms with Gasteiger partial charge in [-0.05, 0) is 30.7 Å². The van der Waals surface area contributed by atoms with Gasteiger partial charge in [0.25, 0.3) is 0 Å². The lowest BCUT2D eigenvalue weighted by atomic mass is 9.89. The van der Waals surface area contributed by atoms with Crippen LogP contribution in [0.15, 0.2) is 30.9 Å². The van der Waals surface area contributed by atoms with Crippen LogP contribution in [-0.4, -0.2) is 5.91 Å². The molecule has 1 atom stereocenters. The Morgan fingerprint density at radius 1 is 1.00 bits per heavy atom. The highest BCUT2D eigenvalue weighted by molar-refractivity contribution is 5.74. The van der Waals surface area contributed by atoms with Crippen LogP contribution in [0.3, 0.4) is 0 Å². The lowest BCUT2D eigenvalue weighted by Gasteiger charge is -2.29. The monoisotopic (exact) mass is 325 g/mol. The van der Waals surface area contributed by atoms with Gasteiger partial charge in [0.1, 0.15) is 0 Å². The minimum atomic E-state index is -4.95. The van der Waals surface area contributed by atoms with Gasteiger partial charge in [-0.1, -0.05) is 6.08 Å². The van der Waals surface area contributed by atoms with Crippen molar-refractivity contribution >= 4 is 5.91 Å². The molecule has 1 unspecified atom stereocenters. The Hall–Kier alpha value is -1.99. The first-order valence-electron chi connectivity index (χ1n) is 6.02. The summed E-state index contributed by atoms with van der Waals surface area (Å²) in [6, 6.07) is 1.15. The standard InChI is InChI=1S/C14H13F6NO/c1-4-12(3,21-8(2)22)9-5-10(13(15,16)17)7-11(6-9)14(18,19)20/h4-7H,1H2,2-3H3,(H,21,22). The zero-order valence-corrected chi connectivity index (χ0v) is 11.7. The largest absolute Gasteiger partial charge is 0.416 e.